The molecular weight excluding hydrogens is 202 g/mol. The van der Waals surface area contributed by atoms with Crippen LogP contribution in [0.4, 0.5) is 0 Å². The summed E-state index contributed by atoms with van der Waals surface area (Å²) >= 11 is 0. The van der Waals surface area contributed by atoms with Gasteiger partial charge >= 0.3 is 0 Å². The van der Waals surface area contributed by atoms with Crippen molar-refractivity contribution in [2.24, 2.45) is 5.41 Å². The van der Waals surface area contributed by atoms with Crippen molar-refractivity contribution < 1.29 is 4.79 Å². The molecule has 0 atom stereocenters. The van der Waals surface area contributed by atoms with Gasteiger partial charge in [0.2, 0.25) is 5.91 Å². The summed E-state index contributed by atoms with van der Waals surface area (Å²) in [5.41, 5.74) is 0.300. The van der Waals surface area contributed by atoms with E-state index in [2.05, 4.69) is 29.2 Å². The molecule has 92 valence electrons. The normalized spacial score (nSPS) is 24.7. The molecule has 2 rings (SSSR count). The molecule has 2 aliphatic rings. The SMILES string of the molecule is CN(C)CCN1CC2(CCNCC2)CC1=O. The van der Waals surface area contributed by atoms with E-state index >= 15 is 0 Å². The van der Waals surface area contributed by atoms with Gasteiger partial charge in [0.15, 0.2) is 0 Å². The molecule has 0 radical (unpaired) electrons. The Morgan fingerprint density at radius 3 is 2.69 bits per heavy atom. The minimum atomic E-state index is 0.300. The summed E-state index contributed by atoms with van der Waals surface area (Å²) in [5.74, 6) is 0.365. The standard InChI is InChI=1S/C12H23N3O/c1-14(2)7-8-15-10-12(9-11(15)16)3-5-13-6-4-12/h13H,3-10H2,1-2H3. The van der Waals surface area contributed by atoms with Crippen LogP contribution in [0.3, 0.4) is 0 Å². The lowest BCUT2D eigenvalue weighted by molar-refractivity contribution is -0.127. The molecule has 0 aromatic carbocycles. The maximum Gasteiger partial charge on any atom is 0.223 e. The van der Waals surface area contributed by atoms with Crippen LogP contribution in [-0.4, -0.2) is 62.5 Å². The monoisotopic (exact) mass is 225 g/mol. The number of amides is 1. The molecule has 2 saturated heterocycles. The van der Waals surface area contributed by atoms with E-state index < -0.39 is 0 Å². The van der Waals surface area contributed by atoms with Gasteiger partial charge in [0.1, 0.15) is 0 Å². The first-order valence-electron chi connectivity index (χ1n) is 6.25. The first-order chi connectivity index (χ1) is 7.61. The van der Waals surface area contributed by atoms with Gasteiger partial charge in [0, 0.05) is 26.1 Å². The van der Waals surface area contributed by atoms with Crippen LogP contribution < -0.4 is 5.32 Å². The molecule has 1 amide bonds. The van der Waals surface area contributed by atoms with Gasteiger partial charge in [-0.2, -0.15) is 0 Å². The molecule has 2 fully saturated rings. The van der Waals surface area contributed by atoms with Crippen molar-refractivity contribution in [3.63, 3.8) is 0 Å². The van der Waals surface area contributed by atoms with Gasteiger partial charge in [-0.15, -0.1) is 0 Å². The topological polar surface area (TPSA) is 35.6 Å². The summed E-state index contributed by atoms with van der Waals surface area (Å²) in [6.45, 7) is 5.01. The van der Waals surface area contributed by atoms with E-state index in [1.54, 1.807) is 0 Å². The number of rotatable bonds is 3. The highest BCUT2D eigenvalue weighted by atomic mass is 16.2. The van der Waals surface area contributed by atoms with Crippen LogP contribution in [0, 0.1) is 5.41 Å². The fourth-order valence-electron chi connectivity index (χ4n) is 2.80. The quantitative estimate of drug-likeness (QED) is 0.743. The number of carbonyl (C=O) groups is 1. The molecule has 4 heteroatoms. The number of likely N-dealkylation sites (tertiary alicyclic amines) is 1. The molecule has 0 saturated carbocycles. The van der Waals surface area contributed by atoms with Crippen molar-refractivity contribution in [1.82, 2.24) is 15.1 Å². The van der Waals surface area contributed by atoms with Gasteiger partial charge in [-0.3, -0.25) is 4.79 Å². The second kappa shape index (κ2) is 4.72. The van der Waals surface area contributed by atoms with Crippen LogP contribution >= 0.6 is 0 Å². The highest BCUT2D eigenvalue weighted by molar-refractivity contribution is 5.79. The Balaban J connectivity index is 1.90. The molecule has 2 heterocycles. The predicted octanol–water partition coefficient (Wildman–Crippen LogP) is 0.150. The van der Waals surface area contributed by atoms with E-state index in [0.29, 0.717) is 11.3 Å². The molecule has 4 nitrogen and oxygen atoms in total. The molecule has 0 unspecified atom stereocenters. The zero-order valence-electron chi connectivity index (χ0n) is 10.5. The molecule has 2 aliphatic heterocycles. The Hall–Kier alpha value is -0.610. The minimum absolute atomic E-state index is 0.300. The van der Waals surface area contributed by atoms with Gasteiger partial charge in [-0.1, -0.05) is 0 Å². The summed E-state index contributed by atoms with van der Waals surface area (Å²) < 4.78 is 0. The lowest BCUT2D eigenvalue weighted by atomic mass is 9.78. The summed E-state index contributed by atoms with van der Waals surface area (Å²) in [4.78, 5) is 16.1. The van der Waals surface area contributed by atoms with Crippen molar-refractivity contribution in [1.29, 1.82) is 0 Å². The Kier molecular flexibility index (Phi) is 3.50. The first kappa shape index (κ1) is 11.9. The van der Waals surface area contributed by atoms with Crippen LogP contribution in [0.2, 0.25) is 0 Å². The van der Waals surface area contributed by atoms with Gasteiger partial charge in [-0.25, -0.2) is 0 Å². The number of hydrogen-bond acceptors (Lipinski definition) is 3. The van der Waals surface area contributed by atoms with Crippen molar-refractivity contribution in [2.75, 3.05) is 46.8 Å². The van der Waals surface area contributed by atoms with Crippen LogP contribution in [0.15, 0.2) is 0 Å². The van der Waals surface area contributed by atoms with Crippen molar-refractivity contribution in [3.05, 3.63) is 0 Å². The van der Waals surface area contributed by atoms with Crippen LogP contribution in [0.25, 0.3) is 0 Å². The smallest absolute Gasteiger partial charge is 0.223 e. The second-order valence-corrected chi connectivity index (χ2v) is 5.55. The van der Waals surface area contributed by atoms with Gasteiger partial charge in [0.25, 0.3) is 0 Å². The molecule has 0 aromatic rings. The Bertz CT molecular complexity index is 259. The average molecular weight is 225 g/mol. The molecule has 0 bridgehead atoms. The molecule has 0 aliphatic carbocycles. The number of carbonyl (C=O) groups excluding carboxylic acids is 1. The zero-order valence-corrected chi connectivity index (χ0v) is 10.5. The van der Waals surface area contributed by atoms with E-state index in [1.807, 2.05) is 0 Å². The van der Waals surface area contributed by atoms with E-state index in [-0.39, 0.29) is 0 Å². The van der Waals surface area contributed by atoms with E-state index in [1.165, 1.54) is 0 Å². The number of nitrogens with one attached hydrogen (secondary N) is 1. The number of nitrogens with zero attached hydrogens (tertiary/aromatic N) is 2. The van der Waals surface area contributed by atoms with Gasteiger partial charge in [-0.05, 0) is 45.4 Å². The largest absolute Gasteiger partial charge is 0.341 e. The number of piperidine rings is 1. The Morgan fingerprint density at radius 1 is 1.38 bits per heavy atom. The van der Waals surface area contributed by atoms with Crippen LogP contribution in [-0.2, 0) is 4.79 Å². The fourth-order valence-corrected chi connectivity index (χ4v) is 2.80. The highest BCUT2D eigenvalue weighted by Gasteiger charge is 2.43. The highest BCUT2D eigenvalue weighted by Crippen LogP contribution is 2.38. The lowest BCUT2D eigenvalue weighted by Gasteiger charge is -2.33. The maximum absolute atomic E-state index is 11.9. The molecular formula is C12H23N3O. The summed E-state index contributed by atoms with van der Waals surface area (Å²) in [5, 5.41) is 3.38. The summed E-state index contributed by atoms with van der Waals surface area (Å²) in [7, 11) is 4.11. The van der Waals surface area contributed by atoms with Crippen LogP contribution in [0.5, 0.6) is 0 Å². The summed E-state index contributed by atoms with van der Waals surface area (Å²) in [6, 6.07) is 0. The van der Waals surface area contributed by atoms with E-state index in [4.69, 9.17) is 0 Å². The minimum Gasteiger partial charge on any atom is -0.341 e. The molecule has 16 heavy (non-hydrogen) atoms. The van der Waals surface area contributed by atoms with E-state index in [9.17, 15) is 4.79 Å². The Labute approximate surface area is 98.0 Å². The third-order valence-corrected chi connectivity index (χ3v) is 3.89. The van der Waals surface area contributed by atoms with E-state index in [0.717, 1.165) is 52.0 Å². The first-order valence-corrected chi connectivity index (χ1v) is 6.25. The molecule has 1 N–H and O–H groups in total. The third kappa shape index (κ3) is 2.55. The molecule has 1 spiro atoms. The second-order valence-electron chi connectivity index (χ2n) is 5.55. The van der Waals surface area contributed by atoms with Gasteiger partial charge < -0.3 is 15.1 Å². The number of likely N-dealkylation sites (N-methyl/N-ethyl adjacent to an activating group) is 1. The maximum atomic E-state index is 11.9. The Morgan fingerprint density at radius 2 is 2.06 bits per heavy atom. The van der Waals surface area contributed by atoms with Crippen LogP contribution in [0.1, 0.15) is 19.3 Å². The van der Waals surface area contributed by atoms with Crippen molar-refractivity contribution in [2.45, 2.75) is 19.3 Å². The molecule has 0 aromatic heterocycles. The average Bonchev–Trinajstić information content (AvgIpc) is 2.53. The van der Waals surface area contributed by atoms with Crippen molar-refractivity contribution >= 4 is 5.91 Å². The predicted molar refractivity (Wildman–Crippen MR) is 64.3 cm³/mol. The lowest BCUT2D eigenvalue weighted by Crippen LogP contribution is -2.39. The fraction of sp³-hybridized carbons (Fsp3) is 0.917. The third-order valence-electron chi connectivity index (χ3n) is 3.89. The zero-order chi connectivity index (χ0) is 11.6. The summed E-state index contributed by atoms with van der Waals surface area (Å²) in [6.07, 6.45) is 3.11. The van der Waals surface area contributed by atoms with Crippen molar-refractivity contribution in [3.8, 4) is 0 Å². The number of hydrogen-bond donors (Lipinski definition) is 1. The van der Waals surface area contributed by atoms with Gasteiger partial charge in [0.05, 0.1) is 0 Å².